The number of aromatic nitrogens is 1. The van der Waals surface area contributed by atoms with Crippen molar-refractivity contribution >= 4 is 23.2 Å². The van der Waals surface area contributed by atoms with Crippen LogP contribution in [0.25, 0.3) is 0 Å². The number of hydrogen-bond donors (Lipinski definition) is 1. The maximum Gasteiger partial charge on any atom is 0.433 e. The highest BCUT2D eigenvalue weighted by Gasteiger charge is 2.33. The fourth-order valence-corrected chi connectivity index (χ4v) is 2.15. The Labute approximate surface area is 127 Å². The molecule has 1 N–H and O–H groups in total. The fraction of sp³-hybridized carbons (Fsp3) is 0.154. The van der Waals surface area contributed by atoms with Gasteiger partial charge in [-0.25, -0.2) is 9.37 Å². The maximum absolute atomic E-state index is 13.8. The average molecular weight is 340 g/mol. The molecule has 0 amide bonds. The molecule has 2 nitrogen and oxygen atoms in total. The van der Waals surface area contributed by atoms with Gasteiger partial charge in [0.2, 0.25) is 0 Å². The summed E-state index contributed by atoms with van der Waals surface area (Å²) in [5.74, 6) is -0.873. The number of pyridine rings is 1. The van der Waals surface area contributed by atoms with Crippen molar-refractivity contribution in [2.75, 3.05) is 0 Å². The first-order chi connectivity index (χ1) is 9.71. The van der Waals surface area contributed by atoms with Crippen molar-refractivity contribution in [2.45, 2.75) is 12.3 Å². The summed E-state index contributed by atoms with van der Waals surface area (Å²) in [5, 5.41) is 9.29. The second kappa shape index (κ2) is 5.79. The van der Waals surface area contributed by atoms with E-state index in [1.54, 1.807) is 0 Å². The van der Waals surface area contributed by atoms with Gasteiger partial charge in [0, 0.05) is 11.1 Å². The molecule has 1 aromatic carbocycles. The third-order valence-corrected chi connectivity index (χ3v) is 3.33. The summed E-state index contributed by atoms with van der Waals surface area (Å²) in [6.45, 7) is 0. The molecular formula is C13H7Cl2F4NO. The predicted octanol–water partition coefficient (Wildman–Crippen LogP) is 4.63. The summed E-state index contributed by atoms with van der Waals surface area (Å²) in [5.41, 5.74) is -1.55. The first kappa shape index (κ1) is 16.0. The van der Waals surface area contributed by atoms with Crippen molar-refractivity contribution in [3.8, 4) is 0 Å². The highest BCUT2D eigenvalue weighted by molar-refractivity contribution is 6.31. The summed E-state index contributed by atoms with van der Waals surface area (Å²) < 4.78 is 51.2. The molecule has 0 spiro atoms. The van der Waals surface area contributed by atoms with Crippen molar-refractivity contribution < 1.29 is 22.7 Å². The second-order valence-corrected chi connectivity index (χ2v) is 4.89. The van der Waals surface area contributed by atoms with Crippen LogP contribution >= 0.6 is 23.2 Å². The van der Waals surface area contributed by atoms with E-state index >= 15 is 0 Å². The van der Waals surface area contributed by atoms with E-state index in [4.69, 9.17) is 23.2 Å². The minimum Gasteiger partial charge on any atom is -0.383 e. The molecule has 112 valence electrons. The third-order valence-electron chi connectivity index (χ3n) is 2.74. The molecule has 2 aromatic rings. The van der Waals surface area contributed by atoms with Crippen LogP contribution in [0.3, 0.4) is 0 Å². The Bertz CT molecular complexity index is 676. The Kier molecular flexibility index (Phi) is 4.41. The SMILES string of the molecule is OC(c1ccc(C(F)(F)F)nc1Cl)c1cccc(Cl)c1F. The van der Waals surface area contributed by atoms with Gasteiger partial charge in [0.05, 0.1) is 5.02 Å². The Balaban J connectivity index is 2.45. The zero-order valence-corrected chi connectivity index (χ0v) is 11.6. The number of alkyl halides is 3. The summed E-state index contributed by atoms with van der Waals surface area (Å²) in [6, 6.07) is 5.53. The van der Waals surface area contributed by atoms with Gasteiger partial charge in [-0.3, -0.25) is 0 Å². The standard InChI is InChI=1S/C13H7Cl2F4NO/c14-8-3-1-2-6(10(8)16)11(21)7-4-5-9(13(17,18)19)20-12(7)15/h1-5,11,21H. The highest BCUT2D eigenvalue weighted by Crippen LogP contribution is 2.34. The molecule has 0 aliphatic carbocycles. The van der Waals surface area contributed by atoms with E-state index in [2.05, 4.69) is 4.98 Å². The number of rotatable bonds is 2. The smallest absolute Gasteiger partial charge is 0.383 e. The lowest BCUT2D eigenvalue weighted by Crippen LogP contribution is -2.11. The lowest BCUT2D eigenvalue weighted by atomic mass is 10.0. The minimum absolute atomic E-state index is 0.147. The van der Waals surface area contributed by atoms with Crippen LogP contribution < -0.4 is 0 Å². The Morgan fingerprint density at radius 1 is 1.05 bits per heavy atom. The molecule has 0 saturated carbocycles. The number of aliphatic hydroxyl groups excluding tert-OH is 1. The van der Waals surface area contributed by atoms with E-state index in [9.17, 15) is 22.7 Å². The van der Waals surface area contributed by atoms with Gasteiger partial charge in [0.15, 0.2) is 0 Å². The fourth-order valence-electron chi connectivity index (χ4n) is 1.71. The summed E-state index contributed by atoms with van der Waals surface area (Å²) in [6.07, 6.45) is -6.24. The molecule has 0 radical (unpaired) electrons. The van der Waals surface area contributed by atoms with Gasteiger partial charge in [0.25, 0.3) is 0 Å². The largest absolute Gasteiger partial charge is 0.433 e. The lowest BCUT2D eigenvalue weighted by Gasteiger charge is -2.15. The van der Waals surface area contributed by atoms with Crippen LogP contribution in [0.4, 0.5) is 17.6 Å². The first-order valence-corrected chi connectivity index (χ1v) is 6.33. The van der Waals surface area contributed by atoms with E-state index in [0.29, 0.717) is 6.07 Å². The normalized spacial score (nSPS) is 13.3. The molecule has 1 aromatic heterocycles. The van der Waals surface area contributed by atoms with Gasteiger partial charge in [-0.1, -0.05) is 41.4 Å². The van der Waals surface area contributed by atoms with Gasteiger partial charge >= 0.3 is 6.18 Å². The van der Waals surface area contributed by atoms with E-state index in [1.165, 1.54) is 18.2 Å². The Morgan fingerprint density at radius 3 is 2.29 bits per heavy atom. The van der Waals surface area contributed by atoms with Crippen LogP contribution in [0.1, 0.15) is 22.9 Å². The van der Waals surface area contributed by atoms with E-state index in [-0.39, 0.29) is 16.1 Å². The molecule has 0 aliphatic rings. The monoisotopic (exact) mass is 339 g/mol. The summed E-state index contributed by atoms with van der Waals surface area (Å²) in [4.78, 5) is 3.17. The second-order valence-electron chi connectivity index (χ2n) is 4.12. The Morgan fingerprint density at radius 2 is 1.71 bits per heavy atom. The zero-order valence-electron chi connectivity index (χ0n) is 10.1. The molecule has 0 aliphatic heterocycles. The van der Waals surface area contributed by atoms with Crippen LogP contribution in [0.2, 0.25) is 10.2 Å². The quantitative estimate of drug-likeness (QED) is 0.639. The molecule has 0 bridgehead atoms. The minimum atomic E-state index is -4.66. The molecule has 8 heteroatoms. The van der Waals surface area contributed by atoms with Crippen molar-refractivity contribution in [2.24, 2.45) is 0 Å². The average Bonchev–Trinajstić information content (AvgIpc) is 2.40. The topological polar surface area (TPSA) is 33.1 Å². The molecular weight excluding hydrogens is 333 g/mol. The molecule has 0 saturated heterocycles. The van der Waals surface area contributed by atoms with Crippen LogP contribution in [0.15, 0.2) is 30.3 Å². The highest BCUT2D eigenvalue weighted by atomic mass is 35.5. The van der Waals surface area contributed by atoms with Crippen LogP contribution in [-0.4, -0.2) is 10.1 Å². The van der Waals surface area contributed by atoms with Crippen LogP contribution in [0, 0.1) is 5.82 Å². The first-order valence-electron chi connectivity index (χ1n) is 5.57. The summed E-state index contributed by atoms with van der Waals surface area (Å²) in [7, 11) is 0. The van der Waals surface area contributed by atoms with Crippen LogP contribution in [0.5, 0.6) is 0 Å². The molecule has 0 fully saturated rings. The number of hydrogen-bond acceptors (Lipinski definition) is 2. The van der Waals surface area contributed by atoms with Crippen LogP contribution in [-0.2, 0) is 6.18 Å². The predicted molar refractivity (Wildman–Crippen MR) is 69.7 cm³/mol. The lowest BCUT2D eigenvalue weighted by molar-refractivity contribution is -0.141. The van der Waals surface area contributed by atoms with Gasteiger partial charge in [-0.15, -0.1) is 0 Å². The van der Waals surface area contributed by atoms with E-state index in [1.807, 2.05) is 0 Å². The zero-order chi connectivity index (χ0) is 15.8. The number of halogens is 6. The Hall–Kier alpha value is -1.37. The third kappa shape index (κ3) is 3.28. The van der Waals surface area contributed by atoms with Crippen molar-refractivity contribution in [1.82, 2.24) is 4.98 Å². The number of aliphatic hydroxyl groups is 1. The molecule has 21 heavy (non-hydrogen) atoms. The maximum atomic E-state index is 13.8. The van der Waals surface area contributed by atoms with Gasteiger partial charge in [0.1, 0.15) is 22.8 Å². The summed E-state index contributed by atoms with van der Waals surface area (Å²) >= 11 is 11.2. The van der Waals surface area contributed by atoms with Crippen molar-refractivity contribution in [3.63, 3.8) is 0 Å². The van der Waals surface area contributed by atoms with E-state index in [0.717, 1.165) is 6.07 Å². The molecule has 1 heterocycles. The number of nitrogens with zero attached hydrogens (tertiary/aromatic N) is 1. The van der Waals surface area contributed by atoms with Gasteiger partial charge in [-0.05, 0) is 12.1 Å². The van der Waals surface area contributed by atoms with Gasteiger partial charge < -0.3 is 5.11 Å². The number of benzene rings is 1. The molecule has 1 atom stereocenters. The molecule has 1 unspecified atom stereocenters. The van der Waals surface area contributed by atoms with Crippen molar-refractivity contribution in [3.05, 3.63) is 63.1 Å². The van der Waals surface area contributed by atoms with E-state index < -0.39 is 28.9 Å². The van der Waals surface area contributed by atoms with Crippen molar-refractivity contribution in [1.29, 1.82) is 0 Å². The molecule has 2 rings (SSSR count). The van der Waals surface area contributed by atoms with Gasteiger partial charge in [-0.2, -0.15) is 13.2 Å².